The molecule has 0 unspecified atom stereocenters. The molecule has 6 nitrogen and oxygen atoms in total. The van der Waals surface area contributed by atoms with Gasteiger partial charge in [-0.25, -0.2) is 12.7 Å². The number of nitrogens with zero attached hydrogens (tertiary/aromatic N) is 2. The number of benzene rings is 2. The fourth-order valence-electron chi connectivity index (χ4n) is 2.94. The Kier molecular flexibility index (Phi) is 5.46. The van der Waals surface area contributed by atoms with Gasteiger partial charge in [-0.05, 0) is 60.9 Å². The SMILES string of the molecule is Cc1cc(OCC(=O)N2CCc3cc(S(=O)(=O)N(C)C)ccc32)ccc1Cl. The lowest BCUT2D eigenvalue weighted by molar-refractivity contribution is -0.120. The molecule has 8 heteroatoms. The number of aryl methyl sites for hydroxylation is 1. The highest BCUT2D eigenvalue weighted by molar-refractivity contribution is 7.89. The first-order chi connectivity index (χ1) is 12.7. The summed E-state index contributed by atoms with van der Waals surface area (Å²) >= 11 is 5.99. The zero-order valence-electron chi connectivity index (χ0n) is 15.4. The van der Waals surface area contributed by atoms with Crippen molar-refractivity contribution in [2.24, 2.45) is 0 Å². The largest absolute Gasteiger partial charge is 0.484 e. The Morgan fingerprint density at radius 2 is 1.96 bits per heavy atom. The Morgan fingerprint density at radius 1 is 1.22 bits per heavy atom. The lowest BCUT2D eigenvalue weighted by Gasteiger charge is -2.18. The molecule has 1 aliphatic rings. The Labute approximate surface area is 164 Å². The number of amides is 1. The van der Waals surface area contributed by atoms with Crippen molar-refractivity contribution < 1.29 is 17.9 Å². The van der Waals surface area contributed by atoms with E-state index < -0.39 is 10.0 Å². The Morgan fingerprint density at radius 3 is 2.63 bits per heavy atom. The van der Waals surface area contributed by atoms with Crippen LogP contribution in [0, 0.1) is 6.92 Å². The number of fused-ring (bicyclic) bond motifs is 1. The fraction of sp³-hybridized carbons (Fsp3) is 0.316. The average molecular weight is 409 g/mol. The minimum absolute atomic E-state index is 0.0989. The first-order valence-electron chi connectivity index (χ1n) is 8.45. The normalized spacial score (nSPS) is 13.7. The van der Waals surface area contributed by atoms with Crippen molar-refractivity contribution in [3.63, 3.8) is 0 Å². The number of carbonyl (C=O) groups excluding carboxylic acids is 1. The lowest BCUT2D eigenvalue weighted by Crippen LogP contribution is -2.33. The van der Waals surface area contributed by atoms with Crippen molar-refractivity contribution in [3.8, 4) is 5.75 Å². The molecule has 0 saturated heterocycles. The molecule has 27 heavy (non-hydrogen) atoms. The van der Waals surface area contributed by atoms with Gasteiger partial charge in [-0.15, -0.1) is 0 Å². The second-order valence-electron chi connectivity index (χ2n) is 6.57. The number of anilines is 1. The standard InChI is InChI=1S/C19H21ClN2O4S/c1-13-10-15(4-6-17(13)20)26-12-19(23)22-9-8-14-11-16(5-7-18(14)22)27(24,25)21(2)3/h4-7,10-11H,8-9,12H2,1-3H3. The van der Waals surface area contributed by atoms with Gasteiger partial charge >= 0.3 is 0 Å². The van der Waals surface area contributed by atoms with Gasteiger partial charge < -0.3 is 9.64 Å². The summed E-state index contributed by atoms with van der Waals surface area (Å²) in [4.78, 5) is 14.4. The van der Waals surface area contributed by atoms with Gasteiger partial charge in [0.15, 0.2) is 6.61 Å². The third kappa shape index (κ3) is 3.95. The maximum atomic E-state index is 12.6. The van der Waals surface area contributed by atoms with Crippen LogP contribution in [-0.2, 0) is 21.2 Å². The maximum Gasteiger partial charge on any atom is 0.264 e. The van der Waals surface area contributed by atoms with Crippen LogP contribution in [-0.4, -0.2) is 45.9 Å². The van der Waals surface area contributed by atoms with Crippen molar-refractivity contribution >= 4 is 33.2 Å². The van der Waals surface area contributed by atoms with E-state index in [2.05, 4.69) is 0 Å². The number of carbonyl (C=O) groups is 1. The molecule has 0 radical (unpaired) electrons. The highest BCUT2D eigenvalue weighted by atomic mass is 35.5. The minimum atomic E-state index is -3.50. The molecule has 1 aliphatic heterocycles. The molecule has 0 aliphatic carbocycles. The molecule has 0 atom stereocenters. The van der Waals surface area contributed by atoms with E-state index in [0.717, 1.165) is 16.8 Å². The Balaban J connectivity index is 1.73. The van der Waals surface area contributed by atoms with Gasteiger partial charge in [0.25, 0.3) is 5.91 Å². The molecule has 2 aromatic carbocycles. The van der Waals surface area contributed by atoms with Crippen molar-refractivity contribution in [1.82, 2.24) is 4.31 Å². The van der Waals surface area contributed by atoms with Crippen LogP contribution in [0.1, 0.15) is 11.1 Å². The fourth-order valence-corrected chi connectivity index (χ4v) is 4.01. The van der Waals surface area contributed by atoms with Gasteiger partial charge in [0.05, 0.1) is 4.90 Å². The van der Waals surface area contributed by atoms with Gasteiger partial charge in [0.2, 0.25) is 10.0 Å². The topological polar surface area (TPSA) is 66.9 Å². The Bertz CT molecular complexity index is 989. The predicted octanol–water partition coefficient (Wildman–Crippen LogP) is 2.87. The summed E-state index contributed by atoms with van der Waals surface area (Å²) in [6.07, 6.45) is 0.609. The smallest absolute Gasteiger partial charge is 0.264 e. The summed E-state index contributed by atoms with van der Waals surface area (Å²) in [5.41, 5.74) is 2.45. The Hall–Kier alpha value is -2.09. The van der Waals surface area contributed by atoms with E-state index in [1.54, 1.807) is 35.2 Å². The third-order valence-corrected chi connectivity index (χ3v) is 6.75. The summed E-state index contributed by atoms with van der Waals surface area (Å²) in [7, 11) is -0.507. The van der Waals surface area contributed by atoms with Crippen LogP contribution >= 0.6 is 11.6 Å². The van der Waals surface area contributed by atoms with Crippen LogP contribution in [0.3, 0.4) is 0 Å². The van der Waals surface area contributed by atoms with Crippen molar-refractivity contribution in [2.45, 2.75) is 18.2 Å². The first kappa shape index (κ1) is 19.7. The molecule has 0 saturated carbocycles. The summed E-state index contributed by atoms with van der Waals surface area (Å²) in [6, 6.07) is 10.1. The number of ether oxygens (including phenoxy) is 1. The lowest BCUT2D eigenvalue weighted by atomic mass is 10.2. The molecular formula is C19H21ClN2O4S. The van der Waals surface area contributed by atoms with E-state index in [-0.39, 0.29) is 17.4 Å². The van der Waals surface area contributed by atoms with Gasteiger partial charge in [0.1, 0.15) is 5.75 Å². The van der Waals surface area contributed by atoms with E-state index in [1.807, 2.05) is 6.92 Å². The third-order valence-electron chi connectivity index (χ3n) is 4.52. The second kappa shape index (κ2) is 7.50. The van der Waals surface area contributed by atoms with Crippen molar-refractivity contribution in [1.29, 1.82) is 0 Å². The molecule has 144 valence electrons. The zero-order chi connectivity index (χ0) is 19.8. The quantitative estimate of drug-likeness (QED) is 0.763. The van der Waals surface area contributed by atoms with Gasteiger partial charge in [-0.3, -0.25) is 4.79 Å². The predicted molar refractivity (Wildman–Crippen MR) is 105 cm³/mol. The first-order valence-corrected chi connectivity index (χ1v) is 10.3. The van der Waals surface area contributed by atoms with E-state index in [9.17, 15) is 13.2 Å². The number of rotatable bonds is 5. The molecule has 0 bridgehead atoms. The number of sulfonamides is 1. The molecule has 0 spiro atoms. The maximum absolute atomic E-state index is 12.6. The van der Waals surface area contributed by atoms with Gasteiger partial charge in [-0.1, -0.05) is 11.6 Å². The minimum Gasteiger partial charge on any atom is -0.484 e. The molecule has 1 amide bonds. The summed E-state index contributed by atoms with van der Waals surface area (Å²) in [5.74, 6) is 0.404. The summed E-state index contributed by atoms with van der Waals surface area (Å²) in [5, 5.41) is 0.644. The van der Waals surface area contributed by atoms with E-state index in [0.29, 0.717) is 23.7 Å². The molecule has 2 aromatic rings. The van der Waals surface area contributed by atoms with Gasteiger partial charge in [-0.2, -0.15) is 0 Å². The molecule has 0 fully saturated rings. The summed E-state index contributed by atoms with van der Waals surface area (Å²) < 4.78 is 31.3. The van der Waals surface area contributed by atoms with E-state index in [4.69, 9.17) is 16.3 Å². The van der Waals surface area contributed by atoms with Crippen molar-refractivity contribution in [3.05, 3.63) is 52.5 Å². The molecule has 0 N–H and O–H groups in total. The van der Waals surface area contributed by atoms with Crippen LogP contribution in [0.5, 0.6) is 5.75 Å². The van der Waals surface area contributed by atoms with Crippen LogP contribution in [0.2, 0.25) is 5.02 Å². The van der Waals surface area contributed by atoms with Crippen molar-refractivity contribution in [2.75, 3.05) is 32.1 Å². The number of hydrogen-bond donors (Lipinski definition) is 0. The van der Waals surface area contributed by atoms with Crippen LogP contribution in [0.4, 0.5) is 5.69 Å². The second-order valence-corrected chi connectivity index (χ2v) is 9.13. The zero-order valence-corrected chi connectivity index (χ0v) is 17.0. The van der Waals surface area contributed by atoms with E-state index >= 15 is 0 Å². The highest BCUT2D eigenvalue weighted by Gasteiger charge is 2.27. The molecule has 1 heterocycles. The molecular weight excluding hydrogens is 388 g/mol. The molecule has 0 aromatic heterocycles. The average Bonchev–Trinajstić information content (AvgIpc) is 3.05. The van der Waals surface area contributed by atoms with Gasteiger partial charge in [0, 0.05) is 31.4 Å². The van der Waals surface area contributed by atoms with Crippen LogP contribution in [0.15, 0.2) is 41.3 Å². The van der Waals surface area contributed by atoms with E-state index in [1.165, 1.54) is 24.5 Å². The summed E-state index contributed by atoms with van der Waals surface area (Å²) in [6.45, 7) is 2.27. The highest BCUT2D eigenvalue weighted by Crippen LogP contribution is 2.31. The number of halogens is 1. The number of hydrogen-bond acceptors (Lipinski definition) is 4. The van der Waals surface area contributed by atoms with Crippen LogP contribution in [0.25, 0.3) is 0 Å². The van der Waals surface area contributed by atoms with Crippen LogP contribution < -0.4 is 9.64 Å². The monoisotopic (exact) mass is 408 g/mol. The molecule has 3 rings (SSSR count).